The zero-order valence-electron chi connectivity index (χ0n) is 9.98. The Balaban J connectivity index is 2.21. The number of halogens is 2. The van der Waals surface area contributed by atoms with Gasteiger partial charge in [0.1, 0.15) is 12.2 Å². The van der Waals surface area contributed by atoms with Crippen molar-refractivity contribution in [3.05, 3.63) is 44.9 Å². The first-order valence-electron chi connectivity index (χ1n) is 5.69. The van der Waals surface area contributed by atoms with Crippen LogP contribution in [-0.2, 0) is 13.0 Å². The fraction of sp³-hybridized carbons (Fsp3) is 0.333. The van der Waals surface area contributed by atoms with E-state index in [4.69, 9.17) is 5.73 Å². The predicted molar refractivity (Wildman–Crippen MR) is 78.2 cm³/mol. The molecule has 1 heterocycles. The van der Waals surface area contributed by atoms with Gasteiger partial charge in [0.25, 0.3) is 0 Å². The minimum absolute atomic E-state index is 0.105. The van der Waals surface area contributed by atoms with E-state index < -0.39 is 0 Å². The maximum atomic E-state index is 6.25. The van der Waals surface area contributed by atoms with Crippen LogP contribution in [0.2, 0.25) is 0 Å². The Kier molecular flexibility index (Phi) is 4.53. The molecule has 0 fully saturated rings. The number of hydrogen-bond donors (Lipinski definition) is 1. The summed E-state index contributed by atoms with van der Waals surface area (Å²) in [5, 5.41) is 4.15. The third-order valence-corrected chi connectivity index (χ3v) is 3.97. The third-order valence-electron chi connectivity index (χ3n) is 2.76. The molecule has 2 rings (SSSR count). The van der Waals surface area contributed by atoms with Gasteiger partial charge in [0, 0.05) is 28.0 Å². The molecule has 0 spiro atoms. The summed E-state index contributed by atoms with van der Waals surface area (Å²) in [4.78, 5) is 4.25. The molecule has 2 N–H and O–H groups in total. The number of benzene rings is 1. The zero-order valence-corrected chi connectivity index (χ0v) is 13.1. The minimum atomic E-state index is -0.105. The molecule has 18 heavy (non-hydrogen) atoms. The highest BCUT2D eigenvalue weighted by Crippen LogP contribution is 2.27. The summed E-state index contributed by atoms with van der Waals surface area (Å²) in [6.45, 7) is 2.85. The van der Waals surface area contributed by atoms with Gasteiger partial charge < -0.3 is 5.73 Å². The van der Waals surface area contributed by atoms with Crippen molar-refractivity contribution in [3.8, 4) is 0 Å². The summed E-state index contributed by atoms with van der Waals surface area (Å²) >= 11 is 6.99. The van der Waals surface area contributed by atoms with Crippen LogP contribution in [0.1, 0.15) is 24.4 Å². The second-order valence-corrected chi connectivity index (χ2v) is 5.74. The van der Waals surface area contributed by atoms with Crippen molar-refractivity contribution in [2.45, 2.75) is 25.9 Å². The van der Waals surface area contributed by atoms with Crippen molar-refractivity contribution < 1.29 is 0 Å². The summed E-state index contributed by atoms with van der Waals surface area (Å²) in [6, 6.07) is 5.89. The molecule has 1 unspecified atom stereocenters. The highest BCUT2D eigenvalue weighted by atomic mass is 79.9. The van der Waals surface area contributed by atoms with Crippen molar-refractivity contribution in [2.75, 3.05) is 0 Å². The number of nitrogens with two attached hydrogens (primary N) is 1. The van der Waals surface area contributed by atoms with E-state index in [1.54, 1.807) is 6.33 Å². The summed E-state index contributed by atoms with van der Waals surface area (Å²) in [6.07, 6.45) is 2.24. The lowest BCUT2D eigenvalue weighted by Gasteiger charge is -2.14. The quantitative estimate of drug-likeness (QED) is 0.895. The zero-order chi connectivity index (χ0) is 13.1. The van der Waals surface area contributed by atoms with Gasteiger partial charge in [0.15, 0.2) is 0 Å². The maximum absolute atomic E-state index is 6.25. The van der Waals surface area contributed by atoms with Crippen LogP contribution in [0.4, 0.5) is 0 Å². The fourth-order valence-corrected chi connectivity index (χ4v) is 2.74. The van der Waals surface area contributed by atoms with Crippen LogP contribution < -0.4 is 5.73 Å². The van der Waals surface area contributed by atoms with E-state index in [-0.39, 0.29) is 6.04 Å². The molecule has 96 valence electrons. The van der Waals surface area contributed by atoms with Gasteiger partial charge in [-0.2, -0.15) is 5.10 Å². The monoisotopic (exact) mass is 372 g/mol. The van der Waals surface area contributed by atoms with Crippen LogP contribution in [0.25, 0.3) is 0 Å². The van der Waals surface area contributed by atoms with Gasteiger partial charge >= 0.3 is 0 Å². The van der Waals surface area contributed by atoms with Crippen LogP contribution in [0, 0.1) is 0 Å². The van der Waals surface area contributed by atoms with E-state index in [1.807, 2.05) is 29.8 Å². The lowest BCUT2D eigenvalue weighted by Crippen LogP contribution is -2.17. The first-order chi connectivity index (χ1) is 8.61. The Morgan fingerprint density at radius 1 is 1.39 bits per heavy atom. The van der Waals surface area contributed by atoms with Gasteiger partial charge in [0.05, 0.1) is 0 Å². The minimum Gasteiger partial charge on any atom is -0.324 e. The van der Waals surface area contributed by atoms with Crippen LogP contribution in [0.5, 0.6) is 0 Å². The molecular weight excluding hydrogens is 360 g/mol. The number of rotatable bonds is 4. The summed E-state index contributed by atoms with van der Waals surface area (Å²) in [5.41, 5.74) is 7.31. The van der Waals surface area contributed by atoms with Crippen molar-refractivity contribution in [3.63, 3.8) is 0 Å². The molecular formula is C12H14Br2N4. The molecule has 1 atom stereocenters. The predicted octanol–water partition coefficient (Wildman–Crippen LogP) is 3.07. The Morgan fingerprint density at radius 2 is 2.17 bits per heavy atom. The topological polar surface area (TPSA) is 56.7 Å². The second-order valence-electron chi connectivity index (χ2n) is 3.97. The first-order valence-corrected chi connectivity index (χ1v) is 7.27. The van der Waals surface area contributed by atoms with Crippen molar-refractivity contribution in [1.29, 1.82) is 0 Å². The molecule has 0 saturated carbocycles. The molecule has 0 aliphatic heterocycles. The van der Waals surface area contributed by atoms with Crippen molar-refractivity contribution in [2.24, 2.45) is 5.73 Å². The van der Waals surface area contributed by atoms with E-state index in [0.717, 1.165) is 26.9 Å². The average molecular weight is 374 g/mol. The lowest BCUT2D eigenvalue weighted by molar-refractivity contribution is 0.580. The second kappa shape index (κ2) is 5.95. The number of aryl methyl sites for hydroxylation is 1. The molecule has 4 nitrogen and oxygen atoms in total. The van der Waals surface area contributed by atoms with Gasteiger partial charge in [-0.1, -0.05) is 31.9 Å². The number of aromatic nitrogens is 3. The number of nitrogens with zero attached hydrogens (tertiary/aromatic N) is 3. The lowest BCUT2D eigenvalue weighted by atomic mass is 10.0. The summed E-state index contributed by atoms with van der Waals surface area (Å²) in [7, 11) is 0. The van der Waals surface area contributed by atoms with Crippen LogP contribution in [0.3, 0.4) is 0 Å². The van der Waals surface area contributed by atoms with Crippen molar-refractivity contribution in [1.82, 2.24) is 14.8 Å². The van der Waals surface area contributed by atoms with Crippen LogP contribution in [-0.4, -0.2) is 14.8 Å². The Morgan fingerprint density at radius 3 is 2.89 bits per heavy atom. The average Bonchev–Trinajstić information content (AvgIpc) is 2.79. The van der Waals surface area contributed by atoms with E-state index in [9.17, 15) is 0 Å². The maximum Gasteiger partial charge on any atom is 0.138 e. The Bertz CT molecular complexity index is 539. The summed E-state index contributed by atoms with van der Waals surface area (Å²) < 4.78 is 3.90. The van der Waals surface area contributed by atoms with Gasteiger partial charge in [-0.25, -0.2) is 4.98 Å². The van der Waals surface area contributed by atoms with Crippen LogP contribution >= 0.6 is 31.9 Å². The summed E-state index contributed by atoms with van der Waals surface area (Å²) in [5.74, 6) is 0.914. The molecule has 0 bridgehead atoms. The fourth-order valence-electron chi connectivity index (χ4n) is 1.82. The van der Waals surface area contributed by atoms with Gasteiger partial charge in [-0.15, -0.1) is 0 Å². The number of hydrogen-bond acceptors (Lipinski definition) is 3. The molecule has 0 saturated heterocycles. The molecule has 0 amide bonds. The highest BCUT2D eigenvalue weighted by molar-refractivity contribution is 9.11. The molecule has 1 aromatic carbocycles. The van der Waals surface area contributed by atoms with E-state index >= 15 is 0 Å². The van der Waals surface area contributed by atoms with Gasteiger partial charge in [0.2, 0.25) is 0 Å². The Labute approximate surface area is 123 Å². The van der Waals surface area contributed by atoms with Gasteiger partial charge in [-0.05, 0) is 30.7 Å². The largest absolute Gasteiger partial charge is 0.324 e. The molecule has 0 aliphatic rings. The third kappa shape index (κ3) is 2.99. The normalized spacial score (nSPS) is 12.7. The molecule has 0 aliphatic carbocycles. The van der Waals surface area contributed by atoms with Crippen LogP contribution in [0.15, 0.2) is 33.5 Å². The molecule has 0 radical (unpaired) electrons. The highest BCUT2D eigenvalue weighted by Gasteiger charge is 2.14. The smallest absolute Gasteiger partial charge is 0.138 e. The Hall–Kier alpha value is -0.720. The molecule has 1 aromatic heterocycles. The standard InChI is InChI=1S/C12H14Br2N4/c1-2-18-12(16-7-17-18)6-11(15)9-5-8(13)3-4-10(9)14/h3-5,7,11H,2,6,15H2,1H3. The van der Waals surface area contributed by atoms with E-state index in [2.05, 4.69) is 41.9 Å². The SMILES string of the molecule is CCn1ncnc1CC(N)c1cc(Br)ccc1Br. The molecule has 6 heteroatoms. The van der Waals surface area contributed by atoms with Crippen molar-refractivity contribution >= 4 is 31.9 Å². The van der Waals surface area contributed by atoms with E-state index in [0.29, 0.717) is 6.42 Å². The first kappa shape index (κ1) is 13.7. The van der Waals surface area contributed by atoms with Gasteiger partial charge in [-0.3, -0.25) is 4.68 Å². The molecule has 2 aromatic rings. The van der Waals surface area contributed by atoms with E-state index in [1.165, 1.54) is 0 Å².